The number of carbonyl (C=O) groups is 1. The summed E-state index contributed by atoms with van der Waals surface area (Å²) in [7, 11) is 0. The van der Waals surface area contributed by atoms with Crippen LogP contribution in [0.1, 0.15) is 6.92 Å². The summed E-state index contributed by atoms with van der Waals surface area (Å²) in [6.45, 7) is 2.71. The molecule has 0 aliphatic carbocycles. The van der Waals surface area contributed by atoms with Crippen LogP contribution in [0.4, 0.5) is 0 Å². The molecule has 0 saturated carbocycles. The summed E-state index contributed by atoms with van der Waals surface area (Å²) in [5.74, 6) is 1.80. The van der Waals surface area contributed by atoms with Crippen LogP contribution in [0.3, 0.4) is 0 Å². The standard InChI is InChI=1S/C13H18BrNO3S/c1-2-17-13(16)12(15)9-19-7-6-18-11-5-3-4-10(14)8-11/h3-5,8,12H,2,6-7,9,15H2,1H3. The third-order valence-corrected chi connectivity index (χ3v) is 3.72. The maximum atomic E-state index is 11.3. The molecule has 106 valence electrons. The molecule has 0 fully saturated rings. The van der Waals surface area contributed by atoms with Crippen molar-refractivity contribution in [2.45, 2.75) is 13.0 Å². The highest BCUT2D eigenvalue weighted by Crippen LogP contribution is 2.17. The molecule has 4 nitrogen and oxygen atoms in total. The van der Waals surface area contributed by atoms with Gasteiger partial charge in [0.15, 0.2) is 0 Å². The molecule has 6 heteroatoms. The van der Waals surface area contributed by atoms with Crippen molar-refractivity contribution >= 4 is 33.7 Å². The van der Waals surface area contributed by atoms with Crippen molar-refractivity contribution in [2.75, 3.05) is 24.7 Å². The van der Waals surface area contributed by atoms with Gasteiger partial charge in [0.1, 0.15) is 11.8 Å². The molecule has 0 radical (unpaired) electrons. The second-order valence-electron chi connectivity index (χ2n) is 3.74. The predicted molar refractivity (Wildman–Crippen MR) is 81.6 cm³/mol. The van der Waals surface area contributed by atoms with E-state index >= 15 is 0 Å². The van der Waals surface area contributed by atoms with Crippen molar-refractivity contribution in [2.24, 2.45) is 5.73 Å². The molecule has 0 amide bonds. The van der Waals surface area contributed by atoms with Gasteiger partial charge in [0.25, 0.3) is 0 Å². The molecule has 1 atom stereocenters. The highest BCUT2D eigenvalue weighted by molar-refractivity contribution is 9.10. The number of esters is 1. The lowest BCUT2D eigenvalue weighted by molar-refractivity contribution is -0.144. The average molecular weight is 348 g/mol. The summed E-state index contributed by atoms with van der Waals surface area (Å²) in [5.41, 5.74) is 5.67. The Morgan fingerprint density at radius 3 is 3.00 bits per heavy atom. The summed E-state index contributed by atoms with van der Waals surface area (Å²) >= 11 is 4.96. The fourth-order valence-corrected chi connectivity index (χ4v) is 2.44. The molecular weight excluding hydrogens is 330 g/mol. The van der Waals surface area contributed by atoms with Gasteiger partial charge in [-0.15, -0.1) is 0 Å². The number of nitrogens with two attached hydrogens (primary N) is 1. The highest BCUT2D eigenvalue weighted by Gasteiger charge is 2.13. The smallest absolute Gasteiger partial charge is 0.323 e. The lowest BCUT2D eigenvalue weighted by Crippen LogP contribution is -2.34. The molecule has 0 saturated heterocycles. The first-order valence-electron chi connectivity index (χ1n) is 6.01. The second kappa shape index (κ2) is 9.23. The van der Waals surface area contributed by atoms with E-state index in [0.717, 1.165) is 16.0 Å². The minimum absolute atomic E-state index is 0.345. The molecule has 0 bridgehead atoms. The van der Waals surface area contributed by atoms with E-state index in [1.165, 1.54) is 0 Å². The number of rotatable bonds is 8. The van der Waals surface area contributed by atoms with E-state index in [4.69, 9.17) is 15.2 Å². The number of ether oxygens (including phenoxy) is 2. The van der Waals surface area contributed by atoms with Crippen molar-refractivity contribution in [1.82, 2.24) is 0 Å². The maximum absolute atomic E-state index is 11.3. The van der Waals surface area contributed by atoms with Gasteiger partial charge < -0.3 is 15.2 Å². The van der Waals surface area contributed by atoms with Crippen LogP contribution in [0.15, 0.2) is 28.7 Å². The van der Waals surface area contributed by atoms with E-state index in [-0.39, 0.29) is 5.97 Å². The molecule has 2 N–H and O–H groups in total. The van der Waals surface area contributed by atoms with Crippen LogP contribution in [-0.2, 0) is 9.53 Å². The Bertz CT molecular complexity index is 403. The van der Waals surface area contributed by atoms with Gasteiger partial charge in [0, 0.05) is 16.0 Å². The van der Waals surface area contributed by atoms with Crippen molar-refractivity contribution in [3.63, 3.8) is 0 Å². The minimum Gasteiger partial charge on any atom is -0.493 e. The van der Waals surface area contributed by atoms with Crippen LogP contribution in [-0.4, -0.2) is 36.7 Å². The first-order valence-corrected chi connectivity index (χ1v) is 7.96. The van der Waals surface area contributed by atoms with Crippen molar-refractivity contribution in [1.29, 1.82) is 0 Å². The highest BCUT2D eigenvalue weighted by atomic mass is 79.9. The number of hydrogen-bond donors (Lipinski definition) is 1. The summed E-state index contributed by atoms with van der Waals surface area (Å²) < 4.78 is 11.4. The quantitative estimate of drug-likeness (QED) is 0.578. The lowest BCUT2D eigenvalue weighted by atomic mass is 10.3. The van der Waals surface area contributed by atoms with E-state index in [1.54, 1.807) is 18.7 Å². The van der Waals surface area contributed by atoms with E-state index in [2.05, 4.69) is 15.9 Å². The molecule has 1 aromatic carbocycles. The van der Waals surface area contributed by atoms with Gasteiger partial charge in [-0.05, 0) is 25.1 Å². The fourth-order valence-electron chi connectivity index (χ4n) is 1.30. The fraction of sp³-hybridized carbons (Fsp3) is 0.462. The number of carbonyl (C=O) groups excluding carboxylic acids is 1. The molecular formula is C13H18BrNO3S. The Morgan fingerprint density at radius 1 is 1.53 bits per heavy atom. The third kappa shape index (κ3) is 6.84. The zero-order valence-electron chi connectivity index (χ0n) is 10.8. The van der Waals surface area contributed by atoms with Gasteiger partial charge in [-0.2, -0.15) is 11.8 Å². The van der Waals surface area contributed by atoms with Crippen LogP contribution in [0, 0.1) is 0 Å². The van der Waals surface area contributed by atoms with Gasteiger partial charge >= 0.3 is 5.97 Å². The molecule has 1 rings (SSSR count). The molecule has 1 unspecified atom stereocenters. The zero-order chi connectivity index (χ0) is 14.1. The van der Waals surface area contributed by atoms with E-state index in [1.807, 2.05) is 24.3 Å². The van der Waals surface area contributed by atoms with E-state index < -0.39 is 6.04 Å². The number of thioether (sulfide) groups is 1. The largest absolute Gasteiger partial charge is 0.493 e. The Kier molecular flexibility index (Phi) is 7.93. The number of hydrogen-bond acceptors (Lipinski definition) is 5. The Balaban J connectivity index is 2.13. The summed E-state index contributed by atoms with van der Waals surface area (Å²) in [6, 6.07) is 7.12. The van der Waals surface area contributed by atoms with Crippen molar-refractivity contribution in [3.8, 4) is 5.75 Å². The van der Waals surface area contributed by atoms with Gasteiger partial charge in [0.05, 0.1) is 13.2 Å². The predicted octanol–water partition coefficient (Wildman–Crippen LogP) is 2.45. The zero-order valence-corrected chi connectivity index (χ0v) is 13.2. The van der Waals surface area contributed by atoms with Gasteiger partial charge in [0.2, 0.25) is 0 Å². The van der Waals surface area contributed by atoms with Crippen LogP contribution in [0.25, 0.3) is 0 Å². The summed E-state index contributed by atoms with van der Waals surface area (Å²) in [4.78, 5) is 11.3. The van der Waals surface area contributed by atoms with Crippen LogP contribution >= 0.6 is 27.7 Å². The van der Waals surface area contributed by atoms with Crippen molar-refractivity contribution in [3.05, 3.63) is 28.7 Å². The Hall–Kier alpha value is -0.720. The Labute approximate surface area is 126 Å². The molecule has 0 heterocycles. The first kappa shape index (κ1) is 16.3. The monoisotopic (exact) mass is 347 g/mol. The lowest BCUT2D eigenvalue weighted by Gasteiger charge is -2.10. The molecule has 0 aliphatic heterocycles. The second-order valence-corrected chi connectivity index (χ2v) is 5.80. The van der Waals surface area contributed by atoms with E-state index in [9.17, 15) is 4.79 Å². The molecule has 0 aromatic heterocycles. The van der Waals surface area contributed by atoms with Crippen LogP contribution in [0.2, 0.25) is 0 Å². The molecule has 0 aliphatic rings. The van der Waals surface area contributed by atoms with Gasteiger partial charge in [-0.3, -0.25) is 4.79 Å². The summed E-state index contributed by atoms with van der Waals surface area (Å²) in [5, 5.41) is 0. The van der Waals surface area contributed by atoms with Gasteiger partial charge in [-0.25, -0.2) is 0 Å². The third-order valence-electron chi connectivity index (χ3n) is 2.18. The van der Waals surface area contributed by atoms with E-state index in [0.29, 0.717) is 19.0 Å². The van der Waals surface area contributed by atoms with Crippen molar-refractivity contribution < 1.29 is 14.3 Å². The molecule has 19 heavy (non-hydrogen) atoms. The average Bonchev–Trinajstić information content (AvgIpc) is 2.38. The SMILES string of the molecule is CCOC(=O)C(N)CSCCOc1cccc(Br)c1. The van der Waals surface area contributed by atoms with Crippen LogP contribution in [0.5, 0.6) is 5.75 Å². The normalized spacial score (nSPS) is 11.9. The summed E-state index contributed by atoms with van der Waals surface area (Å²) in [6.07, 6.45) is 0. The first-order chi connectivity index (χ1) is 9.13. The molecule has 1 aromatic rings. The maximum Gasteiger partial charge on any atom is 0.323 e. The minimum atomic E-state index is -0.559. The number of halogens is 1. The topological polar surface area (TPSA) is 61.5 Å². The van der Waals surface area contributed by atoms with Crippen LogP contribution < -0.4 is 10.5 Å². The Morgan fingerprint density at radius 2 is 2.32 bits per heavy atom. The van der Waals surface area contributed by atoms with Gasteiger partial charge in [-0.1, -0.05) is 22.0 Å². The number of benzene rings is 1. The molecule has 0 spiro atoms.